The Morgan fingerprint density at radius 1 is 1.45 bits per heavy atom. The molecule has 0 radical (unpaired) electrons. The van der Waals surface area contributed by atoms with E-state index in [1.165, 1.54) is 0 Å². The molecule has 0 saturated heterocycles. The van der Waals surface area contributed by atoms with E-state index in [0.29, 0.717) is 6.42 Å². The minimum atomic E-state index is -1.06. The van der Waals surface area contributed by atoms with E-state index in [-0.39, 0.29) is 18.9 Å². The van der Waals surface area contributed by atoms with Gasteiger partial charge in [-0.25, -0.2) is 9.59 Å². The van der Waals surface area contributed by atoms with E-state index >= 15 is 0 Å². The topological polar surface area (TPSA) is 102 Å². The summed E-state index contributed by atoms with van der Waals surface area (Å²) in [6, 6.07) is -0.751. The zero-order valence-electron chi connectivity index (χ0n) is 13.2. The van der Waals surface area contributed by atoms with Gasteiger partial charge in [0.05, 0.1) is 0 Å². The predicted molar refractivity (Wildman–Crippen MR) is 75.3 cm³/mol. The van der Waals surface area contributed by atoms with Crippen molar-refractivity contribution in [1.82, 2.24) is 5.32 Å². The molecule has 1 rings (SSSR count). The smallest absolute Gasteiger partial charge is 0.408 e. The SMILES string of the molecule is [2H]CC(C)(C)OC(=O)N[C@@H](CC1CCC(N)CC1)C(=O)O. The molecule has 0 aliphatic heterocycles. The number of ether oxygens (including phenoxy) is 1. The van der Waals surface area contributed by atoms with Crippen LogP contribution in [0.15, 0.2) is 0 Å². The number of aliphatic carboxylic acids is 1. The fourth-order valence-corrected chi connectivity index (χ4v) is 2.40. The van der Waals surface area contributed by atoms with Gasteiger partial charge in [-0.3, -0.25) is 0 Å². The highest BCUT2D eigenvalue weighted by Gasteiger charge is 2.28. The Bertz CT molecular complexity index is 368. The molecule has 0 aromatic rings. The normalized spacial score (nSPS) is 25.4. The number of amides is 1. The summed E-state index contributed by atoms with van der Waals surface area (Å²) in [5.74, 6) is -0.805. The van der Waals surface area contributed by atoms with Crippen LogP contribution in [-0.4, -0.2) is 34.9 Å². The van der Waals surface area contributed by atoms with E-state index < -0.39 is 23.7 Å². The molecule has 6 nitrogen and oxygen atoms in total. The van der Waals surface area contributed by atoms with Gasteiger partial charge in [0.25, 0.3) is 0 Å². The summed E-state index contributed by atoms with van der Waals surface area (Å²) in [5, 5.41) is 11.6. The van der Waals surface area contributed by atoms with Crippen LogP contribution in [0.5, 0.6) is 0 Å². The second-order valence-corrected chi connectivity index (χ2v) is 6.20. The molecule has 0 bridgehead atoms. The zero-order valence-corrected chi connectivity index (χ0v) is 12.2. The molecule has 6 heteroatoms. The van der Waals surface area contributed by atoms with Gasteiger partial charge in [-0.05, 0) is 58.8 Å². The fraction of sp³-hybridized carbons (Fsp3) is 0.857. The second-order valence-electron chi connectivity index (χ2n) is 6.20. The van der Waals surface area contributed by atoms with E-state index in [4.69, 9.17) is 11.8 Å². The lowest BCUT2D eigenvalue weighted by Gasteiger charge is -2.28. The Hall–Kier alpha value is -1.30. The van der Waals surface area contributed by atoms with Crippen LogP contribution < -0.4 is 11.1 Å². The minimum absolute atomic E-state index is 0.0847. The van der Waals surface area contributed by atoms with Gasteiger partial charge in [0.15, 0.2) is 0 Å². The van der Waals surface area contributed by atoms with Gasteiger partial charge >= 0.3 is 12.1 Å². The highest BCUT2D eigenvalue weighted by atomic mass is 16.6. The summed E-state index contributed by atoms with van der Waals surface area (Å²) in [6.07, 6.45) is 3.17. The van der Waals surface area contributed by atoms with Crippen LogP contribution in [0.1, 0.15) is 54.2 Å². The number of carboxylic acid groups (broad SMARTS) is 1. The van der Waals surface area contributed by atoms with E-state index in [2.05, 4.69) is 5.32 Å². The van der Waals surface area contributed by atoms with Gasteiger partial charge in [-0.1, -0.05) is 0 Å². The number of alkyl carbamates (subject to hydrolysis) is 1. The van der Waals surface area contributed by atoms with Gasteiger partial charge in [-0.2, -0.15) is 0 Å². The van der Waals surface area contributed by atoms with E-state index in [1.54, 1.807) is 13.8 Å². The van der Waals surface area contributed by atoms with Crippen LogP contribution in [0.3, 0.4) is 0 Å². The molecule has 0 spiro atoms. The lowest BCUT2D eigenvalue weighted by molar-refractivity contribution is -0.140. The molecule has 1 amide bonds. The molecule has 0 unspecified atom stereocenters. The zero-order chi connectivity index (χ0) is 16.0. The molecular formula is C14H26N2O4. The molecule has 1 atom stereocenters. The molecule has 1 fully saturated rings. The van der Waals surface area contributed by atoms with Gasteiger partial charge in [0.2, 0.25) is 0 Å². The molecule has 0 aromatic heterocycles. The third kappa shape index (κ3) is 6.23. The highest BCUT2D eigenvalue weighted by molar-refractivity contribution is 5.80. The molecule has 20 heavy (non-hydrogen) atoms. The first kappa shape index (κ1) is 15.1. The summed E-state index contributed by atoms with van der Waals surface area (Å²) in [6.45, 7) is 3.13. The number of rotatable bonds is 4. The van der Waals surface area contributed by atoms with Gasteiger partial charge < -0.3 is 20.9 Å². The summed E-state index contributed by atoms with van der Waals surface area (Å²) in [4.78, 5) is 23.0. The number of carbonyl (C=O) groups excluding carboxylic acids is 1. The number of carbonyl (C=O) groups is 2. The van der Waals surface area contributed by atoms with E-state index in [9.17, 15) is 14.7 Å². The highest BCUT2D eigenvalue weighted by Crippen LogP contribution is 2.27. The second kappa shape index (κ2) is 6.92. The number of nitrogens with one attached hydrogen (secondary N) is 1. The molecule has 1 saturated carbocycles. The monoisotopic (exact) mass is 287 g/mol. The van der Waals surface area contributed by atoms with Crippen molar-refractivity contribution in [3.8, 4) is 0 Å². The van der Waals surface area contributed by atoms with Crippen molar-refractivity contribution in [3.05, 3.63) is 0 Å². The molecule has 0 heterocycles. The summed E-state index contributed by atoms with van der Waals surface area (Å²) in [7, 11) is 0. The largest absolute Gasteiger partial charge is 0.480 e. The maximum atomic E-state index is 11.7. The summed E-state index contributed by atoms with van der Waals surface area (Å²) < 4.78 is 12.3. The van der Waals surface area contributed by atoms with Crippen molar-refractivity contribution in [2.75, 3.05) is 0 Å². The van der Waals surface area contributed by atoms with Crippen LogP contribution in [0.25, 0.3) is 0 Å². The van der Waals surface area contributed by atoms with Crippen molar-refractivity contribution >= 4 is 12.1 Å². The fourth-order valence-electron chi connectivity index (χ4n) is 2.40. The van der Waals surface area contributed by atoms with Gasteiger partial charge in [0, 0.05) is 7.41 Å². The third-order valence-corrected chi connectivity index (χ3v) is 3.42. The lowest BCUT2D eigenvalue weighted by atomic mass is 9.82. The Morgan fingerprint density at radius 2 is 2.05 bits per heavy atom. The molecule has 4 N–H and O–H groups in total. The number of hydrogen-bond acceptors (Lipinski definition) is 4. The van der Waals surface area contributed by atoms with Gasteiger partial charge in [0.1, 0.15) is 11.6 Å². The number of hydrogen-bond donors (Lipinski definition) is 3. The van der Waals surface area contributed by atoms with Crippen LogP contribution in [0, 0.1) is 5.92 Å². The Balaban J connectivity index is 2.50. The lowest BCUT2D eigenvalue weighted by Crippen LogP contribution is -2.45. The third-order valence-electron chi connectivity index (χ3n) is 3.42. The Kier molecular flexibility index (Phi) is 5.23. The van der Waals surface area contributed by atoms with Crippen LogP contribution >= 0.6 is 0 Å². The molecule has 0 aromatic carbocycles. The van der Waals surface area contributed by atoms with Crippen molar-refractivity contribution in [1.29, 1.82) is 0 Å². The molecular weight excluding hydrogens is 260 g/mol. The molecule has 116 valence electrons. The van der Waals surface area contributed by atoms with Crippen molar-refractivity contribution in [2.24, 2.45) is 11.7 Å². The van der Waals surface area contributed by atoms with Crippen molar-refractivity contribution < 1.29 is 20.8 Å². The summed E-state index contributed by atoms with van der Waals surface area (Å²) in [5.41, 5.74) is 4.90. The number of nitrogens with two attached hydrogens (primary N) is 1. The standard InChI is InChI=1S/C14H26N2O4/c1-14(2,3)20-13(19)16-11(12(17)18)8-9-4-6-10(15)7-5-9/h9-11H,4-8,15H2,1-3H3,(H,16,19)(H,17,18)/t9?,10?,11-/m0/s1/i1D. The first-order valence-electron chi connectivity index (χ1n) is 7.71. The predicted octanol–water partition coefficient (Wildman–Crippen LogP) is 1.87. The first-order chi connectivity index (χ1) is 9.73. The summed E-state index contributed by atoms with van der Waals surface area (Å²) >= 11 is 0. The van der Waals surface area contributed by atoms with Crippen LogP contribution in [0.4, 0.5) is 4.79 Å². The van der Waals surface area contributed by atoms with Crippen LogP contribution in [0.2, 0.25) is 0 Å². The Labute approximate surface area is 121 Å². The van der Waals surface area contributed by atoms with E-state index in [0.717, 1.165) is 25.7 Å². The molecule has 1 aliphatic rings. The van der Waals surface area contributed by atoms with Crippen molar-refractivity contribution in [2.45, 2.75) is 70.5 Å². The van der Waals surface area contributed by atoms with Crippen LogP contribution in [-0.2, 0) is 9.53 Å². The minimum Gasteiger partial charge on any atom is -0.480 e. The maximum Gasteiger partial charge on any atom is 0.408 e. The van der Waals surface area contributed by atoms with E-state index in [1.807, 2.05) is 0 Å². The maximum absolute atomic E-state index is 11.7. The molecule has 1 aliphatic carbocycles. The average molecular weight is 287 g/mol. The first-order valence-corrected chi connectivity index (χ1v) is 7.00. The average Bonchev–Trinajstić information content (AvgIpc) is 2.39. The van der Waals surface area contributed by atoms with Gasteiger partial charge in [-0.15, -0.1) is 0 Å². The Morgan fingerprint density at radius 3 is 2.55 bits per heavy atom. The number of carboxylic acids is 1. The quantitative estimate of drug-likeness (QED) is 0.732. The van der Waals surface area contributed by atoms with Crippen molar-refractivity contribution in [3.63, 3.8) is 0 Å².